The summed E-state index contributed by atoms with van der Waals surface area (Å²) in [5.41, 5.74) is 1.31. The number of aryl methyl sites for hydroxylation is 1. The quantitative estimate of drug-likeness (QED) is 0.861. The van der Waals surface area contributed by atoms with Gasteiger partial charge in [-0.15, -0.1) is 0 Å². The van der Waals surface area contributed by atoms with Crippen molar-refractivity contribution >= 4 is 46.9 Å². The van der Waals surface area contributed by atoms with Crippen molar-refractivity contribution in [2.75, 3.05) is 5.32 Å². The van der Waals surface area contributed by atoms with E-state index in [1.54, 1.807) is 18.2 Å². The standard InChI is InChI=1S/C17H13F2NO2.Na/c18-13-4-2-5-14(19)16(13)17(22)20-11-7-8-12-10(9-11)3-1-6-15(12)21;/h2,4-5,7-9H,1,3,6H2,(H,20,22);. The maximum Gasteiger partial charge on any atom is 0.261 e. The minimum absolute atomic E-state index is 0. The van der Waals surface area contributed by atoms with Crippen LogP contribution >= 0.6 is 0 Å². The molecule has 1 radical (unpaired) electrons. The molecule has 3 rings (SSSR count). The fraction of sp³-hybridized carbons (Fsp3) is 0.176. The fourth-order valence-electron chi connectivity index (χ4n) is 2.63. The first kappa shape index (κ1) is 17.8. The summed E-state index contributed by atoms with van der Waals surface area (Å²) in [5, 5.41) is 2.47. The topological polar surface area (TPSA) is 46.2 Å². The summed E-state index contributed by atoms with van der Waals surface area (Å²) in [7, 11) is 0. The number of rotatable bonds is 2. The second-order valence-electron chi connectivity index (χ2n) is 5.20. The summed E-state index contributed by atoms with van der Waals surface area (Å²) in [6.07, 6.45) is 2.04. The molecule has 0 fully saturated rings. The van der Waals surface area contributed by atoms with Gasteiger partial charge in [-0.2, -0.15) is 0 Å². The van der Waals surface area contributed by atoms with Crippen molar-refractivity contribution in [1.82, 2.24) is 0 Å². The monoisotopic (exact) mass is 324 g/mol. The summed E-state index contributed by atoms with van der Waals surface area (Å²) in [4.78, 5) is 23.8. The zero-order valence-electron chi connectivity index (χ0n) is 12.7. The first-order chi connectivity index (χ1) is 10.6. The number of Topliss-reactive ketones (excluding diaryl/α,β-unsaturated/α-hetero) is 1. The summed E-state index contributed by atoms with van der Waals surface area (Å²) >= 11 is 0. The van der Waals surface area contributed by atoms with Crippen LogP contribution in [0.3, 0.4) is 0 Å². The number of carbonyl (C=O) groups excluding carboxylic acids is 2. The molecule has 0 aliphatic heterocycles. The Hall–Kier alpha value is -1.56. The van der Waals surface area contributed by atoms with Gasteiger partial charge in [0.1, 0.15) is 17.2 Å². The van der Waals surface area contributed by atoms with E-state index in [0.29, 0.717) is 17.7 Å². The van der Waals surface area contributed by atoms with Crippen LogP contribution < -0.4 is 5.32 Å². The molecule has 0 atom stereocenters. The van der Waals surface area contributed by atoms with Crippen molar-refractivity contribution in [1.29, 1.82) is 0 Å². The Morgan fingerprint density at radius 3 is 2.43 bits per heavy atom. The van der Waals surface area contributed by atoms with Gasteiger partial charge in [-0.1, -0.05) is 6.07 Å². The molecule has 0 saturated carbocycles. The van der Waals surface area contributed by atoms with E-state index < -0.39 is 23.1 Å². The molecule has 0 spiro atoms. The molecule has 1 amide bonds. The van der Waals surface area contributed by atoms with E-state index in [2.05, 4.69) is 5.32 Å². The molecule has 3 nitrogen and oxygen atoms in total. The average Bonchev–Trinajstić information content (AvgIpc) is 2.47. The van der Waals surface area contributed by atoms with Crippen molar-refractivity contribution < 1.29 is 18.4 Å². The van der Waals surface area contributed by atoms with Crippen molar-refractivity contribution in [2.24, 2.45) is 0 Å². The van der Waals surface area contributed by atoms with E-state index in [4.69, 9.17) is 0 Å². The van der Waals surface area contributed by atoms with Crippen molar-refractivity contribution in [3.05, 3.63) is 64.7 Å². The minimum atomic E-state index is -0.911. The molecule has 0 saturated heterocycles. The van der Waals surface area contributed by atoms with Gasteiger partial charge in [0.15, 0.2) is 5.78 Å². The Labute approximate surface area is 154 Å². The number of nitrogens with one attached hydrogen (secondary N) is 1. The van der Waals surface area contributed by atoms with E-state index >= 15 is 0 Å². The van der Waals surface area contributed by atoms with Gasteiger partial charge in [0, 0.05) is 47.2 Å². The van der Waals surface area contributed by atoms with Gasteiger partial charge in [0.2, 0.25) is 0 Å². The van der Waals surface area contributed by atoms with Gasteiger partial charge in [0.05, 0.1) is 0 Å². The molecule has 113 valence electrons. The van der Waals surface area contributed by atoms with Gasteiger partial charge in [-0.05, 0) is 48.7 Å². The van der Waals surface area contributed by atoms with E-state index in [9.17, 15) is 18.4 Å². The number of benzene rings is 2. The predicted molar refractivity (Wildman–Crippen MR) is 83.8 cm³/mol. The molecular weight excluding hydrogens is 311 g/mol. The number of hydrogen-bond donors (Lipinski definition) is 1. The number of halogens is 2. The van der Waals surface area contributed by atoms with Crippen molar-refractivity contribution in [3.8, 4) is 0 Å². The van der Waals surface area contributed by atoms with E-state index in [-0.39, 0.29) is 35.3 Å². The van der Waals surface area contributed by atoms with Gasteiger partial charge in [0.25, 0.3) is 5.91 Å². The SMILES string of the molecule is O=C1CCCc2cc(NC(=O)c3c(F)cccc3F)ccc21.[Na]. The molecule has 1 aliphatic carbocycles. The molecule has 0 heterocycles. The zero-order chi connectivity index (χ0) is 15.7. The normalized spacial score (nSPS) is 13.0. The van der Waals surface area contributed by atoms with E-state index in [1.165, 1.54) is 6.07 Å². The molecule has 0 bridgehead atoms. The average molecular weight is 324 g/mol. The first-order valence-corrected chi connectivity index (χ1v) is 6.98. The van der Waals surface area contributed by atoms with Crippen LogP contribution in [0, 0.1) is 11.6 Å². The second kappa shape index (κ2) is 7.34. The van der Waals surface area contributed by atoms with Crippen LogP contribution in [0.25, 0.3) is 0 Å². The van der Waals surface area contributed by atoms with Crippen LogP contribution in [0.2, 0.25) is 0 Å². The Bertz CT molecular complexity index is 757. The zero-order valence-corrected chi connectivity index (χ0v) is 14.7. The number of amides is 1. The molecule has 0 aromatic heterocycles. The largest absolute Gasteiger partial charge is 0.322 e. The Kier molecular flexibility index (Phi) is 5.68. The van der Waals surface area contributed by atoms with E-state index in [0.717, 1.165) is 30.5 Å². The number of ketones is 1. The Morgan fingerprint density at radius 1 is 1.04 bits per heavy atom. The summed E-state index contributed by atoms with van der Waals surface area (Å²) in [5.74, 6) is -2.59. The van der Waals surface area contributed by atoms with Crippen molar-refractivity contribution in [2.45, 2.75) is 19.3 Å². The van der Waals surface area contributed by atoms with Crippen LogP contribution in [0.4, 0.5) is 14.5 Å². The third-order valence-electron chi connectivity index (χ3n) is 3.70. The van der Waals surface area contributed by atoms with Gasteiger partial charge in [-0.3, -0.25) is 9.59 Å². The molecule has 2 aromatic carbocycles. The number of hydrogen-bond acceptors (Lipinski definition) is 2. The van der Waals surface area contributed by atoms with Crippen LogP contribution in [-0.2, 0) is 6.42 Å². The minimum Gasteiger partial charge on any atom is -0.322 e. The third kappa shape index (κ3) is 3.68. The molecule has 0 unspecified atom stereocenters. The first-order valence-electron chi connectivity index (χ1n) is 6.98. The third-order valence-corrected chi connectivity index (χ3v) is 3.70. The van der Waals surface area contributed by atoms with Crippen molar-refractivity contribution in [3.63, 3.8) is 0 Å². The Balaban J connectivity index is 0.00000192. The molecule has 1 N–H and O–H groups in total. The molecule has 6 heteroatoms. The fourth-order valence-corrected chi connectivity index (χ4v) is 2.63. The number of carbonyl (C=O) groups is 2. The van der Waals surface area contributed by atoms with Crippen LogP contribution in [0.15, 0.2) is 36.4 Å². The Morgan fingerprint density at radius 2 is 1.74 bits per heavy atom. The van der Waals surface area contributed by atoms with Crippen LogP contribution in [0.1, 0.15) is 39.1 Å². The van der Waals surface area contributed by atoms with Crippen LogP contribution in [-0.4, -0.2) is 41.2 Å². The maximum atomic E-state index is 13.6. The van der Waals surface area contributed by atoms with Gasteiger partial charge in [-0.25, -0.2) is 8.78 Å². The van der Waals surface area contributed by atoms with E-state index in [1.807, 2.05) is 0 Å². The van der Waals surface area contributed by atoms with Gasteiger partial charge < -0.3 is 5.32 Å². The van der Waals surface area contributed by atoms with Gasteiger partial charge >= 0.3 is 0 Å². The summed E-state index contributed by atoms with van der Waals surface area (Å²) in [6.45, 7) is 0. The summed E-state index contributed by atoms with van der Waals surface area (Å²) < 4.78 is 27.2. The second-order valence-corrected chi connectivity index (χ2v) is 5.20. The molecule has 23 heavy (non-hydrogen) atoms. The van der Waals surface area contributed by atoms with Crippen LogP contribution in [0.5, 0.6) is 0 Å². The number of fused-ring (bicyclic) bond motifs is 1. The molecule has 1 aliphatic rings. The predicted octanol–water partition coefficient (Wildman–Crippen LogP) is 3.36. The smallest absolute Gasteiger partial charge is 0.261 e. The summed E-state index contributed by atoms with van der Waals surface area (Å²) in [6, 6.07) is 8.16. The maximum absolute atomic E-state index is 13.6. The number of anilines is 1. The molecular formula is C17H13F2NNaO2. The molecule has 2 aromatic rings.